The summed E-state index contributed by atoms with van der Waals surface area (Å²) in [6, 6.07) is 18.7. The van der Waals surface area contributed by atoms with Crippen LogP contribution in [0.3, 0.4) is 0 Å². The van der Waals surface area contributed by atoms with Crippen LogP contribution in [0, 0.1) is 6.92 Å². The molecule has 0 radical (unpaired) electrons. The highest BCUT2D eigenvalue weighted by Gasteiger charge is 2.35. The smallest absolute Gasteiger partial charge is 0.416 e. The molecule has 3 aromatic heterocycles. The molecule has 0 spiro atoms. The number of amides is 2. The standard InChI is InChI=1S/C36H38N8O4.C8H5ClF3NO/c1-22-12-13-43-29(22)30(34(46)44-35(43)39-32(40-44)25-10-11-27-26(18-25)20-48-36(27,3)4)41-14-16-42(17-15-41)33(45)28-31(23(2)37-21-38-28)47-19-24-8-6-5-7-9-24;9-6-3-5(8(10,11)12)1-2-7(6)13-4-14/h5-11,18,21-22H,12-17,19-20H2,1-4H3;1-4H,(H,13,14). The first-order chi connectivity index (χ1) is 29.6. The van der Waals surface area contributed by atoms with E-state index in [9.17, 15) is 27.6 Å². The van der Waals surface area contributed by atoms with Crippen molar-refractivity contribution in [3.8, 4) is 17.1 Å². The molecule has 14 nitrogen and oxygen atoms in total. The number of piperazine rings is 1. The number of benzene rings is 3. The number of aryl methyl sites for hydroxylation is 2. The molecule has 6 heterocycles. The summed E-state index contributed by atoms with van der Waals surface area (Å²) in [5, 5.41) is 6.78. The molecule has 9 rings (SSSR count). The summed E-state index contributed by atoms with van der Waals surface area (Å²) in [6.07, 6.45) is -1.77. The Kier molecular flexibility index (Phi) is 11.5. The Bertz CT molecular complexity index is 2730. The Hall–Kier alpha value is -6.33. The zero-order valence-electron chi connectivity index (χ0n) is 34.4. The van der Waals surface area contributed by atoms with Crippen LogP contribution in [-0.2, 0) is 41.1 Å². The number of halogens is 4. The van der Waals surface area contributed by atoms with E-state index >= 15 is 0 Å². The number of aromatic nitrogens is 6. The number of carbonyl (C=O) groups excluding carboxylic acids is 2. The van der Waals surface area contributed by atoms with Crippen LogP contribution in [-0.4, -0.2) is 72.5 Å². The van der Waals surface area contributed by atoms with Crippen LogP contribution in [0.5, 0.6) is 5.75 Å². The minimum atomic E-state index is -4.43. The highest BCUT2D eigenvalue weighted by Crippen LogP contribution is 2.39. The van der Waals surface area contributed by atoms with Gasteiger partial charge in [0.25, 0.3) is 11.5 Å². The van der Waals surface area contributed by atoms with Crippen LogP contribution in [0.25, 0.3) is 17.2 Å². The normalized spacial score (nSPS) is 16.7. The van der Waals surface area contributed by atoms with Crippen molar-refractivity contribution in [3.05, 3.63) is 128 Å². The van der Waals surface area contributed by atoms with Gasteiger partial charge >= 0.3 is 6.18 Å². The van der Waals surface area contributed by atoms with Gasteiger partial charge in [0.2, 0.25) is 12.2 Å². The van der Waals surface area contributed by atoms with Gasteiger partial charge in [0.15, 0.2) is 17.3 Å². The van der Waals surface area contributed by atoms with Crippen molar-refractivity contribution < 1.29 is 32.2 Å². The van der Waals surface area contributed by atoms with Crippen LogP contribution in [0.15, 0.2) is 77.9 Å². The van der Waals surface area contributed by atoms with E-state index in [-0.39, 0.29) is 39.4 Å². The quantitative estimate of drug-likeness (QED) is 0.154. The number of anilines is 2. The number of carbonyl (C=O) groups is 2. The van der Waals surface area contributed by atoms with Gasteiger partial charge in [-0.2, -0.15) is 22.7 Å². The first-order valence-corrected chi connectivity index (χ1v) is 20.4. The van der Waals surface area contributed by atoms with Crippen molar-refractivity contribution in [1.82, 2.24) is 34.0 Å². The van der Waals surface area contributed by atoms with E-state index in [1.807, 2.05) is 43.3 Å². The van der Waals surface area contributed by atoms with Gasteiger partial charge in [-0.05, 0) is 68.1 Å². The van der Waals surface area contributed by atoms with Gasteiger partial charge in [-0.15, -0.1) is 5.10 Å². The molecule has 1 N–H and O–H groups in total. The van der Waals surface area contributed by atoms with Gasteiger partial charge in [0.05, 0.1) is 39.9 Å². The third kappa shape index (κ3) is 8.21. The maximum atomic E-state index is 14.2. The van der Waals surface area contributed by atoms with Gasteiger partial charge < -0.3 is 29.2 Å². The average molecular weight is 870 g/mol. The fourth-order valence-corrected chi connectivity index (χ4v) is 8.34. The zero-order chi connectivity index (χ0) is 43.9. The molecule has 18 heteroatoms. The number of alkyl halides is 3. The number of nitrogens with zero attached hydrogens (tertiary/aromatic N) is 8. The maximum Gasteiger partial charge on any atom is 0.416 e. The third-order valence-electron chi connectivity index (χ3n) is 11.4. The predicted molar refractivity (Wildman–Crippen MR) is 225 cm³/mol. The minimum Gasteiger partial charge on any atom is -0.485 e. The molecule has 322 valence electrons. The number of hydrogen-bond donors (Lipinski definition) is 1. The second-order valence-electron chi connectivity index (χ2n) is 15.8. The van der Waals surface area contributed by atoms with Crippen molar-refractivity contribution in [1.29, 1.82) is 0 Å². The number of nitrogens with one attached hydrogen (secondary N) is 1. The molecule has 0 bridgehead atoms. The maximum absolute atomic E-state index is 14.2. The number of fused-ring (bicyclic) bond motifs is 4. The van der Waals surface area contributed by atoms with Crippen LogP contribution in [0.1, 0.15) is 77.2 Å². The molecular formula is C44H43ClF3N9O5. The summed E-state index contributed by atoms with van der Waals surface area (Å²) >= 11 is 5.49. The lowest BCUT2D eigenvalue weighted by atomic mass is 9.94. The molecule has 3 aromatic carbocycles. The highest BCUT2D eigenvalue weighted by atomic mass is 35.5. The monoisotopic (exact) mass is 869 g/mol. The summed E-state index contributed by atoms with van der Waals surface area (Å²) < 4.78 is 52.1. The van der Waals surface area contributed by atoms with Gasteiger partial charge in [0.1, 0.15) is 18.6 Å². The van der Waals surface area contributed by atoms with E-state index in [2.05, 4.69) is 57.7 Å². The lowest BCUT2D eigenvalue weighted by molar-refractivity contribution is -0.137. The van der Waals surface area contributed by atoms with Crippen molar-refractivity contribution in [2.24, 2.45) is 0 Å². The summed E-state index contributed by atoms with van der Waals surface area (Å²) in [5.74, 6) is 1.45. The average Bonchev–Trinajstić information content (AvgIpc) is 3.96. The molecule has 2 amide bonds. The van der Waals surface area contributed by atoms with Crippen molar-refractivity contribution in [2.75, 3.05) is 36.4 Å². The van der Waals surface area contributed by atoms with Crippen LogP contribution >= 0.6 is 11.6 Å². The third-order valence-corrected chi connectivity index (χ3v) is 11.7. The highest BCUT2D eigenvalue weighted by molar-refractivity contribution is 6.33. The summed E-state index contributed by atoms with van der Waals surface area (Å²) in [5.41, 5.74) is 5.40. The molecule has 3 aliphatic heterocycles. The van der Waals surface area contributed by atoms with Crippen LogP contribution < -0.4 is 20.5 Å². The Morgan fingerprint density at radius 3 is 2.50 bits per heavy atom. The topological polar surface area (TPSA) is 149 Å². The second-order valence-corrected chi connectivity index (χ2v) is 16.3. The van der Waals surface area contributed by atoms with E-state index in [0.717, 1.165) is 59.1 Å². The van der Waals surface area contributed by atoms with Gasteiger partial charge in [-0.3, -0.25) is 14.4 Å². The predicted octanol–water partition coefficient (Wildman–Crippen LogP) is 7.40. The number of hydrogen-bond acceptors (Lipinski definition) is 10. The molecule has 1 atom stereocenters. The molecule has 6 aromatic rings. The van der Waals surface area contributed by atoms with E-state index in [0.29, 0.717) is 74.5 Å². The number of rotatable bonds is 8. The lowest BCUT2D eigenvalue weighted by Gasteiger charge is -2.36. The molecule has 3 aliphatic rings. The van der Waals surface area contributed by atoms with Crippen LogP contribution in [0.4, 0.5) is 24.5 Å². The molecule has 1 fully saturated rings. The van der Waals surface area contributed by atoms with Gasteiger partial charge in [-0.25, -0.2) is 9.97 Å². The second kappa shape index (κ2) is 16.9. The summed E-state index contributed by atoms with van der Waals surface area (Å²) in [7, 11) is 0. The van der Waals surface area contributed by atoms with Gasteiger partial charge in [0, 0.05) is 44.2 Å². The minimum absolute atomic E-state index is 0.146. The van der Waals surface area contributed by atoms with Crippen LogP contribution in [0.2, 0.25) is 5.02 Å². The molecule has 1 unspecified atom stereocenters. The van der Waals surface area contributed by atoms with E-state index in [4.69, 9.17) is 31.2 Å². The van der Waals surface area contributed by atoms with Crippen molar-refractivity contribution in [2.45, 2.75) is 71.6 Å². The Balaban J connectivity index is 0.000000324. The lowest BCUT2D eigenvalue weighted by Crippen LogP contribution is -2.51. The zero-order valence-corrected chi connectivity index (χ0v) is 35.1. The van der Waals surface area contributed by atoms with Crippen molar-refractivity contribution in [3.63, 3.8) is 0 Å². The van der Waals surface area contributed by atoms with Gasteiger partial charge in [-0.1, -0.05) is 61.0 Å². The molecule has 1 saturated heterocycles. The molecular weight excluding hydrogens is 827 g/mol. The Labute approximate surface area is 359 Å². The largest absolute Gasteiger partial charge is 0.485 e. The molecule has 0 saturated carbocycles. The van der Waals surface area contributed by atoms with E-state index < -0.39 is 11.7 Å². The Morgan fingerprint density at radius 1 is 1.03 bits per heavy atom. The molecule has 62 heavy (non-hydrogen) atoms. The summed E-state index contributed by atoms with van der Waals surface area (Å²) in [6.45, 7) is 11.6. The van der Waals surface area contributed by atoms with E-state index in [1.54, 1.807) is 4.90 Å². The summed E-state index contributed by atoms with van der Waals surface area (Å²) in [4.78, 5) is 55.4. The first kappa shape index (κ1) is 42.4. The van der Waals surface area contributed by atoms with E-state index in [1.165, 1.54) is 10.8 Å². The number of ether oxygens (including phenoxy) is 2. The fourth-order valence-electron chi connectivity index (χ4n) is 8.11. The first-order valence-electron chi connectivity index (χ1n) is 20.0. The van der Waals surface area contributed by atoms with Crippen molar-refractivity contribution >= 4 is 41.1 Å². The Morgan fingerprint density at radius 2 is 1.79 bits per heavy atom. The molecule has 0 aliphatic carbocycles. The SMILES string of the molecule is Cc1ncnc(C(=O)N2CCN(c3c4n(c5nc(-c6ccc7c(c6)COC7(C)C)nn5c3=O)CCC4C)CC2)c1OCc1ccccc1.O=CNc1ccc(C(F)(F)F)cc1Cl. The fraction of sp³-hybridized carbons (Fsp3) is 0.341.